The molecule has 1 N–H and O–H groups in total. The summed E-state index contributed by atoms with van der Waals surface area (Å²) in [5.74, 6) is 0.206. The van der Waals surface area contributed by atoms with Gasteiger partial charge in [-0.25, -0.2) is 4.98 Å². The number of methoxy groups -OCH3 is 1. The Balaban J connectivity index is 1.76. The van der Waals surface area contributed by atoms with Crippen LogP contribution in [0.3, 0.4) is 0 Å². The quantitative estimate of drug-likeness (QED) is 0.418. The summed E-state index contributed by atoms with van der Waals surface area (Å²) in [5, 5.41) is 4.67. The van der Waals surface area contributed by atoms with Crippen LogP contribution in [0.5, 0.6) is 0 Å². The molecule has 0 unspecified atom stereocenters. The number of carbonyl (C=O) groups excluding carboxylic acids is 1. The van der Waals surface area contributed by atoms with E-state index in [0.29, 0.717) is 34.2 Å². The lowest BCUT2D eigenvalue weighted by atomic mass is 10.1. The Kier molecular flexibility index (Phi) is 7.76. The highest BCUT2D eigenvalue weighted by molar-refractivity contribution is 7.99. The molecule has 1 aromatic carbocycles. The van der Waals surface area contributed by atoms with Crippen molar-refractivity contribution in [3.8, 4) is 0 Å². The second kappa shape index (κ2) is 10.3. The number of fused-ring (bicyclic) bond motifs is 1. The van der Waals surface area contributed by atoms with Gasteiger partial charge in [-0.2, -0.15) is 0 Å². The Morgan fingerprint density at radius 3 is 2.79 bits per heavy atom. The highest BCUT2D eigenvalue weighted by atomic mass is 35.5. The Hall–Kier alpha value is -1.57. The molecule has 1 heterocycles. The van der Waals surface area contributed by atoms with E-state index in [4.69, 9.17) is 16.3 Å². The molecule has 1 fully saturated rings. The third-order valence-corrected chi connectivity index (χ3v) is 6.17. The van der Waals surface area contributed by atoms with E-state index in [1.807, 2.05) is 0 Å². The smallest absolute Gasteiger partial charge is 0.262 e. The van der Waals surface area contributed by atoms with Crippen molar-refractivity contribution < 1.29 is 9.53 Å². The number of aromatic nitrogens is 2. The minimum atomic E-state index is -0.148. The molecule has 1 aromatic heterocycles. The molecule has 1 aliphatic rings. The highest BCUT2D eigenvalue weighted by Crippen LogP contribution is 2.21. The van der Waals surface area contributed by atoms with Crippen LogP contribution < -0.4 is 10.9 Å². The SMILES string of the molecule is COCCn1c(SCC(=O)NC2CCCCCC2)nc2cc(Cl)ccc2c1=O. The number of rotatable bonds is 7. The lowest BCUT2D eigenvalue weighted by Crippen LogP contribution is -2.35. The third-order valence-electron chi connectivity index (χ3n) is 4.95. The maximum absolute atomic E-state index is 12.9. The summed E-state index contributed by atoms with van der Waals surface area (Å²) in [5.41, 5.74) is 0.392. The minimum absolute atomic E-state index is 0.0179. The molecule has 28 heavy (non-hydrogen) atoms. The van der Waals surface area contributed by atoms with Crippen LogP contribution in [0.4, 0.5) is 0 Å². The van der Waals surface area contributed by atoms with E-state index in [1.165, 1.54) is 37.4 Å². The first-order chi connectivity index (χ1) is 13.6. The van der Waals surface area contributed by atoms with Gasteiger partial charge >= 0.3 is 0 Å². The highest BCUT2D eigenvalue weighted by Gasteiger charge is 2.17. The topological polar surface area (TPSA) is 73.2 Å². The zero-order valence-corrected chi connectivity index (χ0v) is 17.7. The molecule has 0 saturated heterocycles. The predicted molar refractivity (Wildman–Crippen MR) is 113 cm³/mol. The lowest BCUT2D eigenvalue weighted by molar-refractivity contribution is -0.119. The zero-order valence-electron chi connectivity index (χ0n) is 16.1. The molecule has 152 valence electrons. The number of ether oxygens (including phenoxy) is 1. The maximum atomic E-state index is 12.9. The molecule has 0 aliphatic heterocycles. The molecule has 8 heteroatoms. The molecule has 3 rings (SSSR count). The van der Waals surface area contributed by atoms with Crippen molar-refractivity contribution in [3.63, 3.8) is 0 Å². The molecule has 1 saturated carbocycles. The molecule has 6 nitrogen and oxygen atoms in total. The third kappa shape index (κ3) is 5.49. The van der Waals surface area contributed by atoms with Crippen LogP contribution in [-0.4, -0.2) is 41.0 Å². The van der Waals surface area contributed by atoms with Gasteiger partial charge in [0.2, 0.25) is 5.91 Å². The number of hydrogen-bond acceptors (Lipinski definition) is 5. The first-order valence-corrected chi connectivity index (χ1v) is 11.1. The minimum Gasteiger partial charge on any atom is -0.383 e. The van der Waals surface area contributed by atoms with E-state index in [-0.39, 0.29) is 23.3 Å². The summed E-state index contributed by atoms with van der Waals surface area (Å²) in [6.07, 6.45) is 6.92. The molecular formula is C20H26ClN3O3S. The van der Waals surface area contributed by atoms with Gasteiger partial charge in [-0.3, -0.25) is 14.2 Å². The van der Waals surface area contributed by atoms with Gasteiger partial charge in [-0.05, 0) is 31.0 Å². The van der Waals surface area contributed by atoms with Crippen molar-refractivity contribution >= 4 is 40.2 Å². The van der Waals surface area contributed by atoms with Crippen LogP contribution in [0, 0.1) is 0 Å². The summed E-state index contributed by atoms with van der Waals surface area (Å²) in [4.78, 5) is 29.9. The number of carbonyl (C=O) groups is 1. The largest absolute Gasteiger partial charge is 0.383 e. The Morgan fingerprint density at radius 2 is 2.07 bits per heavy atom. The Labute approximate surface area is 174 Å². The molecule has 0 radical (unpaired) electrons. The molecule has 0 bridgehead atoms. The molecular weight excluding hydrogens is 398 g/mol. The number of hydrogen-bond donors (Lipinski definition) is 1. The van der Waals surface area contributed by atoms with Gasteiger partial charge in [0.1, 0.15) is 0 Å². The van der Waals surface area contributed by atoms with Crippen molar-refractivity contribution in [1.29, 1.82) is 0 Å². The number of nitrogens with one attached hydrogen (secondary N) is 1. The average Bonchev–Trinajstić information content (AvgIpc) is 2.94. The number of thioether (sulfide) groups is 1. The summed E-state index contributed by atoms with van der Waals surface area (Å²) in [6.45, 7) is 0.774. The summed E-state index contributed by atoms with van der Waals surface area (Å²) in [7, 11) is 1.59. The maximum Gasteiger partial charge on any atom is 0.262 e. The first-order valence-electron chi connectivity index (χ1n) is 9.69. The molecule has 2 aromatic rings. The van der Waals surface area contributed by atoms with Gasteiger partial charge in [0.05, 0.1) is 29.8 Å². The fraction of sp³-hybridized carbons (Fsp3) is 0.550. The normalized spacial score (nSPS) is 15.5. The second-order valence-electron chi connectivity index (χ2n) is 7.05. The van der Waals surface area contributed by atoms with Crippen LogP contribution in [0.15, 0.2) is 28.2 Å². The van der Waals surface area contributed by atoms with E-state index in [1.54, 1.807) is 29.9 Å². The van der Waals surface area contributed by atoms with Crippen molar-refractivity contribution in [2.75, 3.05) is 19.5 Å². The van der Waals surface area contributed by atoms with E-state index in [9.17, 15) is 9.59 Å². The van der Waals surface area contributed by atoms with Gasteiger partial charge in [0.15, 0.2) is 5.16 Å². The summed E-state index contributed by atoms with van der Waals surface area (Å²) >= 11 is 7.33. The fourth-order valence-corrected chi connectivity index (χ4v) is 4.49. The number of amides is 1. The van der Waals surface area contributed by atoms with E-state index < -0.39 is 0 Å². The second-order valence-corrected chi connectivity index (χ2v) is 8.43. The number of nitrogens with zero attached hydrogens (tertiary/aromatic N) is 2. The van der Waals surface area contributed by atoms with Gasteiger partial charge in [0.25, 0.3) is 5.56 Å². The summed E-state index contributed by atoms with van der Waals surface area (Å²) in [6, 6.07) is 5.30. The fourth-order valence-electron chi connectivity index (χ4n) is 3.49. The van der Waals surface area contributed by atoms with Crippen LogP contribution in [0.1, 0.15) is 38.5 Å². The lowest BCUT2D eigenvalue weighted by Gasteiger charge is -2.17. The van der Waals surface area contributed by atoms with Gasteiger partial charge in [-0.15, -0.1) is 0 Å². The average molecular weight is 424 g/mol. The molecule has 0 atom stereocenters. The van der Waals surface area contributed by atoms with Crippen LogP contribution in [-0.2, 0) is 16.1 Å². The van der Waals surface area contributed by atoms with Crippen molar-refractivity contribution in [2.45, 2.75) is 56.3 Å². The van der Waals surface area contributed by atoms with Gasteiger partial charge < -0.3 is 10.1 Å². The molecule has 1 aliphatic carbocycles. The molecule has 1 amide bonds. The van der Waals surface area contributed by atoms with Crippen LogP contribution >= 0.6 is 23.4 Å². The van der Waals surface area contributed by atoms with Gasteiger partial charge in [0, 0.05) is 18.2 Å². The first kappa shape index (κ1) is 21.1. The predicted octanol–water partition coefficient (Wildman–Crippen LogP) is 3.63. The van der Waals surface area contributed by atoms with Gasteiger partial charge in [-0.1, -0.05) is 49.0 Å². The number of benzene rings is 1. The van der Waals surface area contributed by atoms with Crippen LogP contribution in [0.2, 0.25) is 5.02 Å². The standard InChI is InChI=1S/C20H26ClN3O3S/c1-27-11-10-24-19(26)16-9-8-14(21)12-17(16)23-20(24)28-13-18(25)22-15-6-4-2-3-5-7-15/h8-9,12,15H,2-7,10-11,13H2,1H3,(H,22,25). The Bertz CT molecular complexity index is 879. The summed E-state index contributed by atoms with van der Waals surface area (Å²) < 4.78 is 6.70. The Morgan fingerprint density at radius 1 is 1.32 bits per heavy atom. The molecule has 0 spiro atoms. The van der Waals surface area contributed by atoms with Crippen molar-refractivity contribution in [2.24, 2.45) is 0 Å². The van der Waals surface area contributed by atoms with Crippen molar-refractivity contribution in [3.05, 3.63) is 33.6 Å². The number of halogens is 1. The van der Waals surface area contributed by atoms with E-state index >= 15 is 0 Å². The van der Waals surface area contributed by atoms with E-state index in [2.05, 4.69) is 10.3 Å². The van der Waals surface area contributed by atoms with E-state index in [0.717, 1.165) is 12.8 Å². The zero-order chi connectivity index (χ0) is 19.9. The monoisotopic (exact) mass is 423 g/mol. The van der Waals surface area contributed by atoms with Crippen LogP contribution in [0.25, 0.3) is 10.9 Å². The van der Waals surface area contributed by atoms with Crippen molar-refractivity contribution in [1.82, 2.24) is 14.9 Å².